The highest BCUT2D eigenvalue weighted by Crippen LogP contribution is 2.18. The Labute approximate surface area is 100.0 Å². The lowest BCUT2D eigenvalue weighted by Gasteiger charge is -2.09. The number of aliphatic hydroxyl groups excluding tert-OH is 1. The normalized spacial score (nSPS) is 12.2. The molecule has 3 nitrogen and oxygen atoms in total. The van der Waals surface area contributed by atoms with Crippen molar-refractivity contribution in [2.45, 2.75) is 19.8 Å². The van der Waals surface area contributed by atoms with Crippen LogP contribution in [0.2, 0.25) is 5.02 Å². The fourth-order valence-electron chi connectivity index (χ4n) is 1.31. The number of carbonyl (C=O) groups is 1. The lowest BCUT2D eigenvalue weighted by Crippen LogP contribution is -2.13. The number of halogens is 1. The second-order valence-electron chi connectivity index (χ2n) is 3.75. The van der Waals surface area contributed by atoms with Gasteiger partial charge in [0.25, 0.3) is 0 Å². The third-order valence-electron chi connectivity index (χ3n) is 2.16. The van der Waals surface area contributed by atoms with Gasteiger partial charge in [0.2, 0.25) is 0 Å². The molecule has 0 aliphatic rings. The van der Waals surface area contributed by atoms with E-state index in [0.717, 1.165) is 0 Å². The van der Waals surface area contributed by atoms with Crippen LogP contribution in [0.5, 0.6) is 5.75 Å². The molecule has 1 rings (SSSR count). The first kappa shape index (κ1) is 13.0. The van der Waals surface area contributed by atoms with Gasteiger partial charge >= 0.3 is 5.97 Å². The third-order valence-corrected chi connectivity index (χ3v) is 2.40. The van der Waals surface area contributed by atoms with Gasteiger partial charge in [0.15, 0.2) is 0 Å². The maximum absolute atomic E-state index is 11.5. The van der Waals surface area contributed by atoms with Crippen LogP contribution in [0.4, 0.5) is 0 Å². The second-order valence-corrected chi connectivity index (χ2v) is 4.19. The smallest absolute Gasteiger partial charge is 0.311 e. The first-order valence-corrected chi connectivity index (χ1v) is 5.56. The van der Waals surface area contributed by atoms with Crippen molar-refractivity contribution in [3.05, 3.63) is 29.3 Å². The van der Waals surface area contributed by atoms with Gasteiger partial charge in [0.05, 0.1) is 0 Å². The monoisotopic (exact) mass is 242 g/mol. The molecule has 0 fully saturated rings. The van der Waals surface area contributed by atoms with Crippen LogP contribution in [-0.2, 0) is 4.79 Å². The van der Waals surface area contributed by atoms with Gasteiger partial charge in [-0.1, -0.05) is 24.6 Å². The van der Waals surface area contributed by atoms with E-state index in [9.17, 15) is 4.79 Å². The Morgan fingerprint density at radius 3 is 2.94 bits per heavy atom. The third kappa shape index (κ3) is 4.64. The number of aliphatic hydroxyl groups is 1. The molecule has 0 saturated carbocycles. The average Bonchev–Trinajstić information content (AvgIpc) is 2.17. The van der Waals surface area contributed by atoms with Gasteiger partial charge in [0, 0.05) is 18.1 Å². The van der Waals surface area contributed by atoms with Crippen LogP contribution in [0.3, 0.4) is 0 Å². The van der Waals surface area contributed by atoms with Crippen LogP contribution >= 0.6 is 11.6 Å². The van der Waals surface area contributed by atoms with E-state index in [1.165, 1.54) is 0 Å². The highest BCUT2D eigenvalue weighted by atomic mass is 35.5. The average molecular weight is 243 g/mol. The van der Waals surface area contributed by atoms with Crippen molar-refractivity contribution in [1.82, 2.24) is 0 Å². The molecular formula is C12H15ClO3. The Morgan fingerprint density at radius 2 is 2.31 bits per heavy atom. The van der Waals surface area contributed by atoms with E-state index >= 15 is 0 Å². The number of benzene rings is 1. The van der Waals surface area contributed by atoms with Gasteiger partial charge in [-0.3, -0.25) is 4.79 Å². The summed E-state index contributed by atoms with van der Waals surface area (Å²) in [5, 5.41) is 9.24. The SMILES string of the molecule is C[C@H](CCO)CC(=O)Oc1cccc(Cl)c1. The van der Waals surface area contributed by atoms with Crippen LogP contribution in [0.1, 0.15) is 19.8 Å². The zero-order valence-corrected chi connectivity index (χ0v) is 9.91. The maximum atomic E-state index is 11.5. The Hall–Kier alpha value is -1.06. The molecule has 0 aliphatic carbocycles. The largest absolute Gasteiger partial charge is 0.426 e. The predicted molar refractivity (Wildman–Crippen MR) is 62.6 cm³/mol. The predicted octanol–water partition coefficient (Wildman–Crippen LogP) is 2.65. The Balaban J connectivity index is 2.45. The summed E-state index contributed by atoms with van der Waals surface area (Å²) >= 11 is 5.76. The molecule has 1 aromatic rings. The maximum Gasteiger partial charge on any atom is 0.311 e. The molecule has 0 aromatic heterocycles. The van der Waals surface area contributed by atoms with E-state index in [1.807, 2.05) is 6.92 Å². The minimum absolute atomic E-state index is 0.0889. The highest BCUT2D eigenvalue weighted by molar-refractivity contribution is 6.30. The molecule has 0 saturated heterocycles. The molecule has 1 aromatic carbocycles. The van der Waals surface area contributed by atoms with E-state index in [2.05, 4.69) is 0 Å². The molecule has 0 heterocycles. The Kier molecular flexibility index (Phi) is 5.29. The number of hydrogen-bond acceptors (Lipinski definition) is 3. The van der Waals surface area contributed by atoms with Gasteiger partial charge in [0.1, 0.15) is 5.75 Å². The molecule has 0 unspecified atom stereocenters. The molecule has 0 amide bonds. The minimum Gasteiger partial charge on any atom is -0.426 e. The van der Waals surface area contributed by atoms with Crippen molar-refractivity contribution in [1.29, 1.82) is 0 Å². The zero-order valence-electron chi connectivity index (χ0n) is 9.15. The van der Waals surface area contributed by atoms with Gasteiger partial charge in [-0.15, -0.1) is 0 Å². The lowest BCUT2D eigenvalue weighted by molar-refractivity contribution is -0.135. The zero-order chi connectivity index (χ0) is 12.0. The van der Waals surface area contributed by atoms with Crippen LogP contribution in [-0.4, -0.2) is 17.7 Å². The molecule has 88 valence electrons. The summed E-state index contributed by atoms with van der Waals surface area (Å²) in [7, 11) is 0. The Morgan fingerprint density at radius 1 is 1.56 bits per heavy atom. The number of carbonyl (C=O) groups excluding carboxylic acids is 1. The van der Waals surface area contributed by atoms with Crippen molar-refractivity contribution < 1.29 is 14.6 Å². The summed E-state index contributed by atoms with van der Waals surface area (Å²) in [6.07, 6.45) is 0.901. The number of hydrogen-bond donors (Lipinski definition) is 1. The molecule has 0 radical (unpaired) electrons. The summed E-state index contributed by atoms with van der Waals surface area (Å²) in [5.74, 6) is 0.272. The molecule has 0 bridgehead atoms. The van der Waals surface area contributed by atoms with Gasteiger partial charge in [-0.2, -0.15) is 0 Å². The highest BCUT2D eigenvalue weighted by Gasteiger charge is 2.10. The van der Waals surface area contributed by atoms with Crippen LogP contribution < -0.4 is 4.74 Å². The van der Waals surface area contributed by atoms with Crippen molar-refractivity contribution in [3.63, 3.8) is 0 Å². The molecule has 4 heteroatoms. The summed E-state index contributed by atoms with van der Waals surface area (Å²) < 4.78 is 5.11. The molecule has 0 aliphatic heterocycles. The second kappa shape index (κ2) is 6.51. The van der Waals surface area contributed by atoms with E-state index < -0.39 is 0 Å². The minimum atomic E-state index is -0.303. The molecule has 1 atom stereocenters. The first-order valence-electron chi connectivity index (χ1n) is 5.19. The van der Waals surface area contributed by atoms with Crippen molar-refractivity contribution in [3.8, 4) is 5.75 Å². The van der Waals surface area contributed by atoms with Gasteiger partial charge in [-0.05, 0) is 30.5 Å². The number of rotatable bonds is 5. The Bertz CT molecular complexity index is 352. The fraction of sp³-hybridized carbons (Fsp3) is 0.417. The fourth-order valence-corrected chi connectivity index (χ4v) is 1.49. The quantitative estimate of drug-likeness (QED) is 0.638. The van der Waals surface area contributed by atoms with E-state index in [1.54, 1.807) is 24.3 Å². The standard InChI is InChI=1S/C12H15ClO3/c1-9(5-6-14)7-12(15)16-11-4-2-3-10(13)8-11/h2-4,8-9,14H,5-7H2,1H3/t9-/m1/s1. The van der Waals surface area contributed by atoms with E-state index in [-0.39, 0.29) is 18.5 Å². The van der Waals surface area contributed by atoms with Crippen molar-refractivity contribution in [2.24, 2.45) is 5.92 Å². The summed E-state index contributed by atoms with van der Waals surface area (Å²) in [6.45, 7) is 1.99. The van der Waals surface area contributed by atoms with Crippen LogP contribution in [0.15, 0.2) is 24.3 Å². The number of esters is 1. The van der Waals surface area contributed by atoms with Crippen molar-refractivity contribution >= 4 is 17.6 Å². The van der Waals surface area contributed by atoms with Crippen LogP contribution in [0.25, 0.3) is 0 Å². The summed E-state index contributed by atoms with van der Waals surface area (Å²) in [6, 6.07) is 6.71. The molecule has 0 spiro atoms. The first-order chi connectivity index (χ1) is 7.61. The van der Waals surface area contributed by atoms with E-state index in [4.69, 9.17) is 21.4 Å². The molecule has 1 N–H and O–H groups in total. The van der Waals surface area contributed by atoms with Gasteiger partial charge in [-0.25, -0.2) is 0 Å². The number of ether oxygens (including phenoxy) is 1. The van der Waals surface area contributed by atoms with Crippen LogP contribution in [0, 0.1) is 5.92 Å². The summed E-state index contributed by atoms with van der Waals surface area (Å²) in [4.78, 5) is 11.5. The molecule has 16 heavy (non-hydrogen) atoms. The van der Waals surface area contributed by atoms with Gasteiger partial charge < -0.3 is 9.84 Å². The lowest BCUT2D eigenvalue weighted by atomic mass is 10.1. The van der Waals surface area contributed by atoms with Crippen molar-refractivity contribution in [2.75, 3.05) is 6.61 Å². The topological polar surface area (TPSA) is 46.5 Å². The van der Waals surface area contributed by atoms with E-state index in [0.29, 0.717) is 23.6 Å². The summed E-state index contributed by atoms with van der Waals surface area (Å²) in [5.41, 5.74) is 0. The molecular weight excluding hydrogens is 228 g/mol.